The predicted octanol–water partition coefficient (Wildman–Crippen LogP) is 5.47. The highest BCUT2D eigenvalue weighted by atomic mass is 35.5. The van der Waals surface area contributed by atoms with Crippen molar-refractivity contribution in [2.45, 2.75) is 46.4 Å². The van der Waals surface area contributed by atoms with Crippen LogP contribution in [0.2, 0.25) is 10.0 Å². The van der Waals surface area contributed by atoms with Gasteiger partial charge in [0.1, 0.15) is 18.4 Å². The molecule has 0 aliphatic carbocycles. The number of hydrogen-bond acceptors (Lipinski definition) is 3. The van der Waals surface area contributed by atoms with Crippen LogP contribution in [0.1, 0.15) is 37.0 Å². The number of aliphatic carboxylic acids is 1. The molecule has 0 fully saturated rings. The second-order valence-electron chi connectivity index (χ2n) is 7.05. The Morgan fingerprint density at radius 1 is 1.19 bits per heavy atom. The molecular weight excluding hydrogens is 385 g/mol. The van der Waals surface area contributed by atoms with Gasteiger partial charge in [0.15, 0.2) is 0 Å². The zero-order valence-corrected chi connectivity index (χ0v) is 17.3. The molecule has 6 heteroatoms. The van der Waals surface area contributed by atoms with Crippen LogP contribution < -0.4 is 10.1 Å². The van der Waals surface area contributed by atoms with Gasteiger partial charge in [0, 0.05) is 17.1 Å². The molecular formula is C21H25Cl2NO3. The first-order valence-corrected chi connectivity index (χ1v) is 9.64. The van der Waals surface area contributed by atoms with E-state index in [4.69, 9.17) is 27.9 Å². The van der Waals surface area contributed by atoms with Crippen molar-refractivity contribution in [3.63, 3.8) is 0 Å². The lowest BCUT2D eigenvalue weighted by Gasteiger charge is -2.19. The highest BCUT2D eigenvalue weighted by molar-refractivity contribution is 6.35. The number of halogens is 2. The Kier molecular flexibility index (Phi) is 7.96. The van der Waals surface area contributed by atoms with Crippen LogP contribution in [0, 0.1) is 12.8 Å². The minimum Gasteiger partial charge on any atom is -0.487 e. The Hall–Kier alpha value is -1.75. The molecule has 4 nitrogen and oxygen atoms in total. The van der Waals surface area contributed by atoms with Crippen molar-refractivity contribution in [2.75, 3.05) is 0 Å². The summed E-state index contributed by atoms with van der Waals surface area (Å²) >= 11 is 12.5. The van der Waals surface area contributed by atoms with E-state index in [1.807, 2.05) is 45.0 Å². The van der Waals surface area contributed by atoms with E-state index in [0.29, 0.717) is 35.4 Å². The molecule has 27 heavy (non-hydrogen) atoms. The fourth-order valence-electron chi connectivity index (χ4n) is 2.72. The maximum absolute atomic E-state index is 11.5. The van der Waals surface area contributed by atoms with Crippen LogP contribution >= 0.6 is 23.2 Å². The number of carboxylic acids is 1. The van der Waals surface area contributed by atoms with E-state index in [1.54, 1.807) is 12.1 Å². The first kappa shape index (κ1) is 21.5. The van der Waals surface area contributed by atoms with Crippen LogP contribution in [0.4, 0.5) is 0 Å². The van der Waals surface area contributed by atoms with E-state index in [2.05, 4.69) is 5.32 Å². The van der Waals surface area contributed by atoms with E-state index in [1.165, 1.54) is 5.56 Å². The summed E-state index contributed by atoms with van der Waals surface area (Å²) in [5, 5.41) is 13.4. The standard InChI is InChI=1S/C21H25Cl2NO3/c1-13(2)8-19(21(25)26)24-11-16-9-17(22)10-18(23)20(16)27-12-15-6-4-14(3)5-7-15/h4-7,9-10,13,19,24H,8,11-12H2,1-3H3,(H,25,26). The predicted molar refractivity (Wildman–Crippen MR) is 110 cm³/mol. The van der Waals surface area contributed by atoms with Gasteiger partial charge >= 0.3 is 5.97 Å². The third-order valence-corrected chi connectivity index (χ3v) is 4.63. The number of benzene rings is 2. The fraction of sp³-hybridized carbons (Fsp3) is 0.381. The molecule has 2 N–H and O–H groups in total. The number of rotatable bonds is 9. The van der Waals surface area contributed by atoms with Gasteiger partial charge in [-0.05, 0) is 37.0 Å². The van der Waals surface area contributed by atoms with Crippen LogP contribution in [0.25, 0.3) is 0 Å². The SMILES string of the molecule is Cc1ccc(COc2c(Cl)cc(Cl)cc2CNC(CC(C)C)C(=O)O)cc1. The van der Waals surface area contributed by atoms with Crippen molar-refractivity contribution in [1.29, 1.82) is 0 Å². The summed E-state index contributed by atoms with van der Waals surface area (Å²) in [5.41, 5.74) is 2.93. The van der Waals surface area contributed by atoms with Gasteiger partial charge in [-0.15, -0.1) is 0 Å². The Balaban J connectivity index is 2.14. The van der Waals surface area contributed by atoms with Crippen molar-refractivity contribution in [2.24, 2.45) is 5.92 Å². The lowest BCUT2D eigenvalue weighted by atomic mass is 10.0. The van der Waals surface area contributed by atoms with Crippen molar-refractivity contribution in [1.82, 2.24) is 5.32 Å². The minimum absolute atomic E-state index is 0.263. The molecule has 0 radical (unpaired) electrons. The van der Waals surface area contributed by atoms with Crippen LogP contribution in [0.15, 0.2) is 36.4 Å². The molecule has 146 valence electrons. The van der Waals surface area contributed by atoms with E-state index in [-0.39, 0.29) is 5.92 Å². The molecule has 0 spiro atoms. The summed E-state index contributed by atoms with van der Waals surface area (Å²) in [6.07, 6.45) is 0.531. The highest BCUT2D eigenvalue weighted by Crippen LogP contribution is 2.33. The third kappa shape index (κ3) is 6.73. The van der Waals surface area contributed by atoms with Crippen molar-refractivity contribution in [3.8, 4) is 5.75 Å². The average molecular weight is 410 g/mol. The molecule has 2 aromatic rings. The van der Waals surface area contributed by atoms with E-state index in [9.17, 15) is 9.90 Å². The zero-order chi connectivity index (χ0) is 20.0. The maximum Gasteiger partial charge on any atom is 0.320 e. The number of hydrogen-bond donors (Lipinski definition) is 2. The first-order valence-electron chi connectivity index (χ1n) is 8.88. The number of nitrogens with one attached hydrogen (secondary N) is 1. The van der Waals surface area contributed by atoms with Gasteiger partial charge in [0.2, 0.25) is 0 Å². The van der Waals surface area contributed by atoms with Crippen LogP contribution in [0.5, 0.6) is 5.75 Å². The number of ether oxygens (including phenoxy) is 1. The Morgan fingerprint density at radius 2 is 1.85 bits per heavy atom. The highest BCUT2D eigenvalue weighted by Gasteiger charge is 2.20. The lowest BCUT2D eigenvalue weighted by molar-refractivity contribution is -0.140. The van der Waals surface area contributed by atoms with Gasteiger partial charge in [0.05, 0.1) is 5.02 Å². The normalized spacial score (nSPS) is 12.2. The number of carbonyl (C=O) groups is 1. The van der Waals surface area contributed by atoms with Crippen LogP contribution in [-0.2, 0) is 17.9 Å². The molecule has 2 rings (SSSR count). The topological polar surface area (TPSA) is 58.6 Å². The second-order valence-corrected chi connectivity index (χ2v) is 7.90. The molecule has 1 unspecified atom stereocenters. The van der Waals surface area contributed by atoms with Gasteiger partial charge in [-0.3, -0.25) is 4.79 Å². The molecule has 2 aromatic carbocycles. The summed E-state index contributed by atoms with van der Waals surface area (Å²) < 4.78 is 5.94. The van der Waals surface area contributed by atoms with Crippen LogP contribution in [0.3, 0.4) is 0 Å². The minimum atomic E-state index is -0.876. The molecule has 0 aromatic heterocycles. The number of carboxylic acid groups (broad SMARTS) is 1. The maximum atomic E-state index is 11.5. The summed E-state index contributed by atoms with van der Waals surface area (Å²) in [7, 11) is 0. The smallest absolute Gasteiger partial charge is 0.320 e. The largest absolute Gasteiger partial charge is 0.487 e. The summed E-state index contributed by atoms with van der Waals surface area (Å²) in [5.74, 6) is -0.0967. The Labute approximate surface area is 170 Å². The van der Waals surface area contributed by atoms with Crippen molar-refractivity contribution >= 4 is 29.2 Å². The molecule has 0 heterocycles. The third-order valence-electron chi connectivity index (χ3n) is 4.13. The Morgan fingerprint density at radius 3 is 2.44 bits per heavy atom. The van der Waals surface area contributed by atoms with Crippen LogP contribution in [-0.4, -0.2) is 17.1 Å². The zero-order valence-electron chi connectivity index (χ0n) is 15.8. The van der Waals surface area contributed by atoms with Gasteiger partial charge in [-0.1, -0.05) is 66.9 Å². The van der Waals surface area contributed by atoms with E-state index >= 15 is 0 Å². The van der Waals surface area contributed by atoms with E-state index in [0.717, 1.165) is 11.1 Å². The van der Waals surface area contributed by atoms with Gasteiger partial charge < -0.3 is 15.2 Å². The summed E-state index contributed by atoms with van der Waals surface area (Å²) in [4.78, 5) is 11.5. The molecule has 1 atom stereocenters. The molecule has 0 bridgehead atoms. The quantitative estimate of drug-likeness (QED) is 0.576. The van der Waals surface area contributed by atoms with Gasteiger partial charge in [-0.25, -0.2) is 0 Å². The molecule has 0 amide bonds. The summed E-state index contributed by atoms with van der Waals surface area (Å²) in [6, 6.07) is 10.8. The van der Waals surface area contributed by atoms with Crippen molar-refractivity contribution in [3.05, 3.63) is 63.1 Å². The average Bonchev–Trinajstić information content (AvgIpc) is 2.58. The number of aryl methyl sites for hydroxylation is 1. The van der Waals surface area contributed by atoms with Gasteiger partial charge in [-0.2, -0.15) is 0 Å². The molecule has 0 saturated carbocycles. The molecule has 0 aliphatic heterocycles. The van der Waals surface area contributed by atoms with Crippen molar-refractivity contribution < 1.29 is 14.6 Å². The second kappa shape index (κ2) is 9.98. The lowest BCUT2D eigenvalue weighted by Crippen LogP contribution is -2.37. The monoisotopic (exact) mass is 409 g/mol. The first-order chi connectivity index (χ1) is 12.8. The Bertz CT molecular complexity index is 776. The van der Waals surface area contributed by atoms with E-state index < -0.39 is 12.0 Å². The summed E-state index contributed by atoms with van der Waals surface area (Å²) in [6.45, 7) is 6.67. The molecule has 0 saturated heterocycles. The molecule has 0 aliphatic rings. The van der Waals surface area contributed by atoms with Gasteiger partial charge in [0.25, 0.3) is 0 Å². The fourth-order valence-corrected chi connectivity index (χ4v) is 3.31.